The van der Waals surface area contributed by atoms with Crippen LogP contribution in [0.5, 0.6) is 0 Å². The fraction of sp³-hybridized carbons (Fsp3) is 1.00. The van der Waals surface area contributed by atoms with Crippen molar-refractivity contribution in [2.45, 2.75) is 51.9 Å². The molecule has 112 valence electrons. The van der Waals surface area contributed by atoms with Gasteiger partial charge < -0.3 is 5.32 Å². The summed E-state index contributed by atoms with van der Waals surface area (Å²) in [6.45, 7) is 4.79. The summed E-state index contributed by atoms with van der Waals surface area (Å²) in [7, 11) is -3.09. The van der Waals surface area contributed by atoms with Crippen LogP contribution in [0.4, 0.5) is 0 Å². The van der Waals surface area contributed by atoms with Crippen molar-refractivity contribution in [3.05, 3.63) is 0 Å². The first-order valence-corrected chi connectivity index (χ1v) is 9.32. The van der Waals surface area contributed by atoms with Gasteiger partial charge in [-0.05, 0) is 50.1 Å². The number of sulfonamides is 1. The van der Waals surface area contributed by atoms with Crippen LogP contribution < -0.4 is 10.0 Å². The third-order valence-electron chi connectivity index (χ3n) is 4.71. The highest BCUT2D eigenvalue weighted by Crippen LogP contribution is 2.28. The van der Waals surface area contributed by atoms with Gasteiger partial charge in [-0.25, -0.2) is 13.1 Å². The average molecular weight is 288 g/mol. The Balaban J connectivity index is 1.79. The summed E-state index contributed by atoms with van der Waals surface area (Å²) in [5.74, 6) is 0.716. The topological polar surface area (TPSA) is 58.2 Å². The van der Waals surface area contributed by atoms with Crippen molar-refractivity contribution in [3.63, 3.8) is 0 Å². The van der Waals surface area contributed by atoms with Gasteiger partial charge in [0.2, 0.25) is 10.0 Å². The molecule has 0 unspecified atom stereocenters. The van der Waals surface area contributed by atoms with Gasteiger partial charge in [-0.1, -0.05) is 26.2 Å². The van der Waals surface area contributed by atoms with Crippen molar-refractivity contribution in [2.24, 2.45) is 11.3 Å². The number of piperidine rings is 1. The van der Waals surface area contributed by atoms with Crippen LogP contribution in [0.2, 0.25) is 0 Å². The van der Waals surface area contributed by atoms with Crippen molar-refractivity contribution in [3.8, 4) is 0 Å². The standard InChI is InChI=1S/C14H28N2O2S/c1-14(7-9-15-10-8-14)12-16-19(17,18)11-13-5-3-2-4-6-13/h13,15-16H,2-12H2,1H3. The molecular formula is C14H28N2O2S. The molecule has 0 aromatic rings. The van der Waals surface area contributed by atoms with E-state index in [0.29, 0.717) is 18.2 Å². The minimum absolute atomic E-state index is 0.130. The van der Waals surface area contributed by atoms with Gasteiger partial charge in [0.15, 0.2) is 0 Å². The minimum Gasteiger partial charge on any atom is -0.317 e. The van der Waals surface area contributed by atoms with E-state index in [-0.39, 0.29) is 5.41 Å². The van der Waals surface area contributed by atoms with Gasteiger partial charge in [-0.2, -0.15) is 0 Å². The van der Waals surface area contributed by atoms with Crippen LogP contribution in [-0.2, 0) is 10.0 Å². The van der Waals surface area contributed by atoms with E-state index in [1.165, 1.54) is 19.3 Å². The van der Waals surface area contributed by atoms with Crippen LogP contribution in [0.3, 0.4) is 0 Å². The maximum atomic E-state index is 12.2. The first-order chi connectivity index (χ1) is 8.99. The van der Waals surface area contributed by atoms with Gasteiger partial charge in [-0.15, -0.1) is 0 Å². The average Bonchev–Trinajstić information content (AvgIpc) is 2.38. The maximum Gasteiger partial charge on any atom is 0.211 e. The number of nitrogens with one attached hydrogen (secondary N) is 2. The zero-order chi connectivity index (χ0) is 13.8. The highest BCUT2D eigenvalue weighted by Gasteiger charge is 2.29. The molecule has 0 radical (unpaired) electrons. The largest absolute Gasteiger partial charge is 0.317 e. The Morgan fingerprint density at radius 1 is 1.16 bits per heavy atom. The Morgan fingerprint density at radius 2 is 1.79 bits per heavy atom. The molecule has 0 bridgehead atoms. The molecule has 1 aliphatic heterocycles. The monoisotopic (exact) mass is 288 g/mol. The lowest BCUT2D eigenvalue weighted by Crippen LogP contribution is -2.44. The molecule has 1 heterocycles. The van der Waals surface area contributed by atoms with Crippen LogP contribution in [0.1, 0.15) is 51.9 Å². The smallest absolute Gasteiger partial charge is 0.211 e. The molecule has 2 fully saturated rings. The van der Waals surface area contributed by atoms with Gasteiger partial charge in [0, 0.05) is 6.54 Å². The van der Waals surface area contributed by atoms with Crippen molar-refractivity contribution < 1.29 is 8.42 Å². The fourth-order valence-electron chi connectivity index (χ4n) is 3.21. The van der Waals surface area contributed by atoms with Crippen LogP contribution in [0.25, 0.3) is 0 Å². The summed E-state index contributed by atoms with van der Waals surface area (Å²) in [6.07, 6.45) is 7.95. The lowest BCUT2D eigenvalue weighted by Gasteiger charge is -2.34. The van der Waals surface area contributed by atoms with Crippen LogP contribution in [0, 0.1) is 11.3 Å². The molecule has 19 heavy (non-hydrogen) atoms. The second-order valence-electron chi connectivity index (χ2n) is 6.67. The SMILES string of the molecule is CC1(CNS(=O)(=O)CC2CCCCC2)CCNCC1. The van der Waals surface area contributed by atoms with Gasteiger partial charge in [0.05, 0.1) is 5.75 Å². The predicted octanol–water partition coefficient (Wildman–Crippen LogP) is 1.88. The summed E-state index contributed by atoms with van der Waals surface area (Å²) in [5.41, 5.74) is 0.130. The van der Waals surface area contributed by atoms with Crippen molar-refractivity contribution in [1.29, 1.82) is 0 Å². The molecule has 0 atom stereocenters. The molecule has 4 nitrogen and oxygen atoms in total. The van der Waals surface area contributed by atoms with E-state index in [1.54, 1.807) is 0 Å². The van der Waals surface area contributed by atoms with E-state index >= 15 is 0 Å². The van der Waals surface area contributed by atoms with E-state index in [1.807, 2.05) is 0 Å². The highest BCUT2D eigenvalue weighted by molar-refractivity contribution is 7.89. The van der Waals surface area contributed by atoms with Gasteiger partial charge in [0.1, 0.15) is 0 Å². The number of hydrogen-bond acceptors (Lipinski definition) is 3. The molecule has 2 rings (SSSR count). The third-order valence-corrected chi connectivity index (χ3v) is 6.20. The summed E-state index contributed by atoms with van der Waals surface area (Å²) in [6, 6.07) is 0. The lowest BCUT2D eigenvalue weighted by molar-refractivity contribution is 0.232. The molecule has 1 saturated carbocycles. The molecule has 1 saturated heterocycles. The van der Waals surface area contributed by atoms with Crippen molar-refractivity contribution >= 4 is 10.0 Å². The van der Waals surface area contributed by atoms with Gasteiger partial charge in [0.25, 0.3) is 0 Å². The quantitative estimate of drug-likeness (QED) is 0.812. The number of hydrogen-bond donors (Lipinski definition) is 2. The first-order valence-electron chi connectivity index (χ1n) is 7.67. The summed E-state index contributed by atoms with van der Waals surface area (Å²) in [5, 5.41) is 3.33. The van der Waals surface area contributed by atoms with E-state index < -0.39 is 10.0 Å². The van der Waals surface area contributed by atoms with Crippen LogP contribution in [0.15, 0.2) is 0 Å². The molecule has 2 aliphatic rings. The van der Waals surface area contributed by atoms with Crippen molar-refractivity contribution in [2.75, 3.05) is 25.4 Å². The minimum atomic E-state index is -3.09. The molecule has 0 spiro atoms. The van der Waals surface area contributed by atoms with Crippen molar-refractivity contribution in [1.82, 2.24) is 10.0 Å². The summed E-state index contributed by atoms with van der Waals surface area (Å²) in [4.78, 5) is 0. The first kappa shape index (κ1) is 15.3. The Kier molecular flexibility index (Phi) is 5.26. The zero-order valence-corrected chi connectivity index (χ0v) is 12.9. The van der Waals surface area contributed by atoms with Crippen LogP contribution >= 0.6 is 0 Å². The summed E-state index contributed by atoms with van der Waals surface area (Å²) >= 11 is 0. The van der Waals surface area contributed by atoms with E-state index in [0.717, 1.165) is 38.8 Å². The maximum absolute atomic E-state index is 12.2. The lowest BCUT2D eigenvalue weighted by atomic mass is 9.81. The second-order valence-corrected chi connectivity index (χ2v) is 8.52. The molecular weight excluding hydrogens is 260 g/mol. The molecule has 0 aromatic heterocycles. The Hall–Kier alpha value is -0.130. The van der Waals surface area contributed by atoms with E-state index in [2.05, 4.69) is 17.0 Å². The van der Waals surface area contributed by atoms with Gasteiger partial charge in [-0.3, -0.25) is 0 Å². The Bertz CT molecular complexity index is 369. The Morgan fingerprint density at radius 3 is 2.42 bits per heavy atom. The highest BCUT2D eigenvalue weighted by atomic mass is 32.2. The van der Waals surface area contributed by atoms with Crippen LogP contribution in [-0.4, -0.2) is 33.8 Å². The second kappa shape index (κ2) is 6.55. The Labute approximate surface area is 117 Å². The van der Waals surface area contributed by atoms with E-state index in [4.69, 9.17) is 0 Å². The number of rotatable bonds is 5. The fourth-order valence-corrected chi connectivity index (χ4v) is 4.85. The summed E-state index contributed by atoms with van der Waals surface area (Å²) < 4.78 is 27.2. The molecule has 1 aliphatic carbocycles. The van der Waals surface area contributed by atoms with Gasteiger partial charge >= 0.3 is 0 Å². The molecule has 0 amide bonds. The molecule has 2 N–H and O–H groups in total. The predicted molar refractivity (Wildman–Crippen MR) is 78.6 cm³/mol. The van der Waals surface area contributed by atoms with E-state index in [9.17, 15) is 8.42 Å². The normalized spacial score (nSPS) is 25.3. The zero-order valence-electron chi connectivity index (χ0n) is 12.1. The third kappa shape index (κ3) is 5.04. The molecule has 0 aromatic carbocycles. The molecule has 5 heteroatoms.